The van der Waals surface area contributed by atoms with Crippen molar-refractivity contribution in [3.63, 3.8) is 0 Å². The first-order valence-electron chi connectivity index (χ1n) is 8.85. The number of hydrogen-bond donors (Lipinski definition) is 1. The Balaban J connectivity index is 1.82. The Kier molecular flexibility index (Phi) is 5.18. The smallest absolute Gasteiger partial charge is 0.248 e. The number of nitrogens with zero attached hydrogens (tertiary/aromatic N) is 3. The van der Waals surface area contributed by atoms with Crippen LogP contribution in [0, 0.1) is 0 Å². The van der Waals surface area contributed by atoms with Gasteiger partial charge in [-0.3, -0.25) is 9.48 Å². The van der Waals surface area contributed by atoms with Gasteiger partial charge in [-0.25, -0.2) is 0 Å². The minimum absolute atomic E-state index is 0.380. The average Bonchev–Trinajstić information content (AvgIpc) is 3.09. The van der Waals surface area contributed by atoms with E-state index in [1.807, 2.05) is 35.1 Å². The molecule has 1 amide bonds. The van der Waals surface area contributed by atoms with Gasteiger partial charge in [-0.05, 0) is 37.5 Å². The minimum Gasteiger partial charge on any atom is -0.366 e. The normalized spacial score (nSPS) is 15.4. The van der Waals surface area contributed by atoms with E-state index in [0.717, 1.165) is 13.1 Å². The first-order valence-corrected chi connectivity index (χ1v) is 8.85. The molecule has 1 aromatic carbocycles. The number of carbonyl (C=O) groups excluding carboxylic acids is 1. The Hall–Kier alpha value is -2.30. The topological polar surface area (TPSA) is 64.2 Å². The Morgan fingerprint density at radius 2 is 1.96 bits per heavy atom. The zero-order valence-corrected chi connectivity index (χ0v) is 14.3. The highest BCUT2D eigenvalue weighted by Gasteiger charge is 2.22. The number of primary amides is 1. The van der Waals surface area contributed by atoms with Crippen molar-refractivity contribution in [2.45, 2.75) is 58.2 Å². The maximum absolute atomic E-state index is 11.2. The molecule has 0 radical (unpaired) electrons. The number of amides is 1. The second-order valence-electron chi connectivity index (χ2n) is 6.54. The molecule has 1 heterocycles. The van der Waals surface area contributed by atoms with Gasteiger partial charge in [0, 0.05) is 30.9 Å². The van der Waals surface area contributed by atoms with Crippen molar-refractivity contribution in [3.05, 3.63) is 47.8 Å². The average molecular weight is 326 g/mol. The second-order valence-corrected chi connectivity index (χ2v) is 6.54. The third-order valence-electron chi connectivity index (χ3n) is 4.88. The summed E-state index contributed by atoms with van der Waals surface area (Å²) in [7, 11) is 0. The summed E-state index contributed by atoms with van der Waals surface area (Å²) in [6, 6.07) is 8.18. The van der Waals surface area contributed by atoms with E-state index >= 15 is 0 Å². The molecular weight excluding hydrogens is 300 g/mol. The third kappa shape index (κ3) is 3.78. The van der Waals surface area contributed by atoms with Crippen LogP contribution in [0.5, 0.6) is 0 Å². The summed E-state index contributed by atoms with van der Waals surface area (Å²) in [6.07, 6.45) is 10.5. The molecule has 2 N–H and O–H groups in total. The Bertz CT molecular complexity index is 671. The Labute approximate surface area is 143 Å². The summed E-state index contributed by atoms with van der Waals surface area (Å²) < 4.78 is 1.97. The van der Waals surface area contributed by atoms with Crippen LogP contribution in [0.3, 0.4) is 0 Å². The molecule has 0 bridgehead atoms. The van der Waals surface area contributed by atoms with Crippen LogP contribution in [0.1, 0.15) is 54.9 Å². The fraction of sp³-hybridized carbons (Fsp3) is 0.474. The van der Waals surface area contributed by atoms with Crippen LogP contribution in [-0.2, 0) is 13.1 Å². The lowest BCUT2D eigenvalue weighted by molar-refractivity contribution is 0.100. The van der Waals surface area contributed by atoms with Gasteiger partial charge in [-0.2, -0.15) is 5.10 Å². The fourth-order valence-corrected chi connectivity index (χ4v) is 3.47. The number of aromatic nitrogens is 2. The first kappa shape index (κ1) is 16.6. The van der Waals surface area contributed by atoms with Crippen molar-refractivity contribution >= 4 is 11.6 Å². The SMILES string of the molecule is CCn1cc(N(Cc2ccc(C(N)=O)cc2)C2CCCCC2)cn1. The quantitative estimate of drug-likeness (QED) is 0.885. The molecule has 1 aliphatic rings. The molecule has 1 aliphatic carbocycles. The molecule has 0 saturated heterocycles. The van der Waals surface area contributed by atoms with Gasteiger partial charge in [-0.15, -0.1) is 0 Å². The van der Waals surface area contributed by atoms with Gasteiger partial charge in [0.1, 0.15) is 0 Å². The summed E-state index contributed by atoms with van der Waals surface area (Å²) in [5, 5.41) is 4.44. The van der Waals surface area contributed by atoms with E-state index in [1.165, 1.54) is 43.4 Å². The highest BCUT2D eigenvalue weighted by Crippen LogP contribution is 2.28. The molecule has 0 aliphatic heterocycles. The number of nitrogens with two attached hydrogens (primary N) is 1. The molecule has 1 fully saturated rings. The van der Waals surface area contributed by atoms with Crippen LogP contribution in [-0.4, -0.2) is 21.7 Å². The molecule has 5 nitrogen and oxygen atoms in total. The van der Waals surface area contributed by atoms with Crippen molar-refractivity contribution in [3.8, 4) is 0 Å². The molecule has 3 rings (SSSR count). The summed E-state index contributed by atoms with van der Waals surface area (Å²) in [6.45, 7) is 3.81. The van der Waals surface area contributed by atoms with Crippen molar-refractivity contribution < 1.29 is 4.79 Å². The van der Waals surface area contributed by atoms with Gasteiger partial charge in [0.15, 0.2) is 0 Å². The lowest BCUT2D eigenvalue weighted by atomic mass is 9.93. The van der Waals surface area contributed by atoms with E-state index in [2.05, 4.69) is 23.1 Å². The predicted octanol–water partition coefficient (Wildman–Crippen LogP) is 3.34. The van der Waals surface area contributed by atoms with E-state index in [4.69, 9.17) is 5.73 Å². The van der Waals surface area contributed by atoms with E-state index in [-0.39, 0.29) is 5.91 Å². The molecule has 24 heavy (non-hydrogen) atoms. The summed E-state index contributed by atoms with van der Waals surface area (Å²) in [5.74, 6) is -0.380. The number of benzene rings is 1. The largest absolute Gasteiger partial charge is 0.366 e. The zero-order chi connectivity index (χ0) is 16.9. The molecule has 2 aromatic rings. The monoisotopic (exact) mass is 326 g/mol. The van der Waals surface area contributed by atoms with Crippen LogP contribution in [0.2, 0.25) is 0 Å². The number of anilines is 1. The zero-order valence-electron chi connectivity index (χ0n) is 14.3. The maximum atomic E-state index is 11.2. The van der Waals surface area contributed by atoms with Gasteiger partial charge in [0.05, 0.1) is 11.9 Å². The maximum Gasteiger partial charge on any atom is 0.248 e. The number of hydrogen-bond acceptors (Lipinski definition) is 3. The summed E-state index contributed by atoms with van der Waals surface area (Å²) in [4.78, 5) is 13.7. The first-order chi connectivity index (χ1) is 11.7. The van der Waals surface area contributed by atoms with Gasteiger partial charge in [-0.1, -0.05) is 31.4 Å². The van der Waals surface area contributed by atoms with Crippen LogP contribution < -0.4 is 10.6 Å². The molecule has 5 heteroatoms. The van der Waals surface area contributed by atoms with Crippen LogP contribution in [0.4, 0.5) is 5.69 Å². The van der Waals surface area contributed by atoms with Gasteiger partial charge < -0.3 is 10.6 Å². The summed E-state index contributed by atoms with van der Waals surface area (Å²) in [5.41, 5.74) is 8.26. The molecular formula is C19H26N4O. The molecule has 0 atom stereocenters. The number of carbonyl (C=O) groups is 1. The van der Waals surface area contributed by atoms with Gasteiger partial charge in [0.25, 0.3) is 0 Å². The van der Waals surface area contributed by atoms with Crippen molar-refractivity contribution in [1.29, 1.82) is 0 Å². The van der Waals surface area contributed by atoms with Crippen molar-refractivity contribution in [1.82, 2.24) is 9.78 Å². The predicted molar refractivity (Wildman–Crippen MR) is 95.9 cm³/mol. The Morgan fingerprint density at radius 3 is 2.54 bits per heavy atom. The lowest BCUT2D eigenvalue weighted by Gasteiger charge is -2.35. The standard InChI is InChI=1S/C19H26N4O/c1-2-22-14-18(12-21-22)23(17-6-4-3-5-7-17)13-15-8-10-16(11-9-15)19(20)24/h8-12,14,17H,2-7,13H2,1H3,(H2,20,24). The molecule has 128 valence electrons. The molecule has 0 spiro atoms. The van der Waals surface area contributed by atoms with Crippen LogP contribution in [0.15, 0.2) is 36.7 Å². The number of aryl methyl sites for hydroxylation is 1. The van der Waals surface area contributed by atoms with E-state index in [9.17, 15) is 4.79 Å². The molecule has 1 saturated carbocycles. The van der Waals surface area contributed by atoms with Crippen LogP contribution >= 0.6 is 0 Å². The third-order valence-corrected chi connectivity index (χ3v) is 4.88. The van der Waals surface area contributed by atoms with Crippen molar-refractivity contribution in [2.75, 3.05) is 4.90 Å². The van der Waals surface area contributed by atoms with Gasteiger partial charge in [0.2, 0.25) is 5.91 Å². The molecule has 0 unspecified atom stereocenters. The van der Waals surface area contributed by atoms with Crippen LogP contribution in [0.25, 0.3) is 0 Å². The minimum atomic E-state index is -0.380. The second kappa shape index (κ2) is 7.51. The fourth-order valence-electron chi connectivity index (χ4n) is 3.47. The Morgan fingerprint density at radius 1 is 1.25 bits per heavy atom. The molecule has 1 aromatic heterocycles. The van der Waals surface area contributed by atoms with Gasteiger partial charge >= 0.3 is 0 Å². The lowest BCUT2D eigenvalue weighted by Crippen LogP contribution is -2.36. The van der Waals surface area contributed by atoms with E-state index in [1.54, 1.807) is 0 Å². The van der Waals surface area contributed by atoms with E-state index in [0.29, 0.717) is 11.6 Å². The number of rotatable bonds is 6. The summed E-state index contributed by atoms with van der Waals surface area (Å²) >= 11 is 0. The highest BCUT2D eigenvalue weighted by atomic mass is 16.1. The van der Waals surface area contributed by atoms with E-state index < -0.39 is 0 Å². The van der Waals surface area contributed by atoms with Crippen molar-refractivity contribution in [2.24, 2.45) is 5.73 Å². The highest BCUT2D eigenvalue weighted by molar-refractivity contribution is 5.92.